The van der Waals surface area contributed by atoms with E-state index in [4.69, 9.17) is 9.47 Å². The lowest BCUT2D eigenvalue weighted by Gasteiger charge is -2.36. The molecule has 1 heterocycles. The molecule has 0 aromatic carbocycles. The largest absolute Gasteiger partial charge is 0.464 e. The molecule has 7 heteroatoms. The van der Waals surface area contributed by atoms with Crippen molar-refractivity contribution in [3.05, 3.63) is 0 Å². The number of aliphatic hydroxyl groups is 4. The van der Waals surface area contributed by atoms with Gasteiger partial charge >= 0.3 is 5.97 Å². The smallest absolute Gasteiger partial charge is 0.338 e. The Labute approximate surface area is 130 Å². The molecule has 0 aromatic heterocycles. The Bertz CT molecular complexity index is 323. The van der Waals surface area contributed by atoms with Crippen LogP contribution in [-0.4, -0.2) is 63.7 Å². The number of hydrogen-bond acceptors (Lipinski definition) is 7. The fraction of sp³-hybridized carbons (Fsp3) is 0.933. The zero-order valence-corrected chi connectivity index (χ0v) is 13.1. The molecule has 22 heavy (non-hydrogen) atoms. The summed E-state index contributed by atoms with van der Waals surface area (Å²) in [5.74, 6) is -0.844. The van der Waals surface area contributed by atoms with Crippen molar-refractivity contribution in [2.24, 2.45) is 0 Å². The highest BCUT2D eigenvalue weighted by molar-refractivity contribution is 5.75. The topological polar surface area (TPSA) is 116 Å². The van der Waals surface area contributed by atoms with Crippen molar-refractivity contribution >= 4 is 5.97 Å². The summed E-state index contributed by atoms with van der Waals surface area (Å²) >= 11 is 0. The molecule has 0 bridgehead atoms. The maximum atomic E-state index is 11.8. The van der Waals surface area contributed by atoms with E-state index in [2.05, 4.69) is 6.92 Å². The van der Waals surface area contributed by atoms with Crippen molar-refractivity contribution < 1.29 is 34.7 Å². The molecule has 0 spiro atoms. The summed E-state index contributed by atoms with van der Waals surface area (Å²) in [6, 6.07) is 0. The third-order valence-electron chi connectivity index (χ3n) is 3.81. The Balaban J connectivity index is 2.19. The average Bonchev–Trinajstić information content (AvgIpc) is 2.51. The molecule has 1 fully saturated rings. The zero-order valence-electron chi connectivity index (χ0n) is 13.1. The first-order valence-electron chi connectivity index (χ1n) is 8.03. The predicted octanol–water partition coefficient (Wildman–Crippen LogP) is 0.0801. The maximum absolute atomic E-state index is 11.8. The molecule has 1 aliphatic heterocycles. The van der Waals surface area contributed by atoms with Crippen LogP contribution in [0.25, 0.3) is 0 Å². The molecule has 0 saturated carbocycles. The first-order chi connectivity index (χ1) is 10.5. The van der Waals surface area contributed by atoms with E-state index in [1.807, 2.05) is 0 Å². The van der Waals surface area contributed by atoms with Crippen LogP contribution in [0.1, 0.15) is 51.9 Å². The SMILES string of the molecule is CCCCCCCCCOC(=O)[C@H]1O[C@@H](O)[C@H](O)[C@@H](O)[C@@H]1O. The van der Waals surface area contributed by atoms with Gasteiger partial charge < -0.3 is 29.9 Å². The molecular formula is C15H28O7. The van der Waals surface area contributed by atoms with Crippen molar-refractivity contribution in [1.29, 1.82) is 0 Å². The number of unbranched alkanes of at least 4 members (excludes halogenated alkanes) is 6. The van der Waals surface area contributed by atoms with Crippen LogP contribution >= 0.6 is 0 Å². The molecule has 0 amide bonds. The molecule has 0 aromatic rings. The Hall–Kier alpha value is -0.730. The average molecular weight is 320 g/mol. The van der Waals surface area contributed by atoms with Crippen LogP contribution in [0.2, 0.25) is 0 Å². The van der Waals surface area contributed by atoms with Crippen LogP contribution in [0.5, 0.6) is 0 Å². The van der Waals surface area contributed by atoms with Crippen molar-refractivity contribution in [2.75, 3.05) is 6.61 Å². The van der Waals surface area contributed by atoms with Gasteiger partial charge in [0.15, 0.2) is 12.4 Å². The Morgan fingerprint density at radius 2 is 1.50 bits per heavy atom. The molecule has 130 valence electrons. The fourth-order valence-electron chi connectivity index (χ4n) is 2.37. The van der Waals surface area contributed by atoms with E-state index in [1.54, 1.807) is 0 Å². The Kier molecular flexibility index (Phi) is 8.89. The number of ether oxygens (including phenoxy) is 2. The molecule has 1 aliphatic rings. The van der Waals surface area contributed by atoms with Gasteiger partial charge in [0, 0.05) is 0 Å². The number of aliphatic hydroxyl groups excluding tert-OH is 4. The lowest BCUT2D eigenvalue weighted by molar-refractivity contribution is -0.281. The number of esters is 1. The van der Waals surface area contributed by atoms with Gasteiger partial charge in [-0.05, 0) is 6.42 Å². The van der Waals surface area contributed by atoms with Gasteiger partial charge in [-0.1, -0.05) is 45.4 Å². The van der Waals surface area contributed by atoms with E-state index in [0.717, 1.165) is 12.8 Å². The first-order valence-corrected chi connectivity index (χ1v) is 8.03. The van der Waals surface area contributed by atoms with E-state index in [1.165, 1.54) is 25.7 Å². The number of hydrogen-bond donors (Lipinski definition) is 4. The summed E-state index contributed by atoms with van der Waals surface area (Å²) in [5, 5.41) is 37.8. The van der Waals surface area contributed by atoms with Crippen LogP contribution in [-0.2, 0) is 14.3 Å². The van der Waals surface area contributed by atoms with Crippen LogP contribution < -0.4 is 0 Å². The van der Waals surface area contributed by atoms with Gasteiger partial charge in [0.05, 0.1) is 6.61 Å². The number of rotatable bonds is 9. The monoisotopic (exact) mass is 320 g/mol. The number of carbonyl (C=O) groups is 1. The normalized spacial score (nSPS) is 32.0. The second kappa shape index (κ2) is 10.1. The third kappa shape index (κ3) is 5.81. The highest BCUT2D eigenvalue weighted by atomic mass is 16.7. The minimum Gasteiger partial charge on any atom is -0.464 e. The third-order valence-corrected chi connectivity index (χ3v) is 3.81. The maximum Gasteiger partial charge on any atom is 0.338 e. The summed E-state index contributed by atoms with van der Waals surface area (Å²) in [4.78, 5) is 11.8. The summed E-state index contributed by atoms with van der Waals surface area (Å²) in [5.41, 5.74) is 0. The Morgan fingerprint density at radius 1 is 0.909 bits per heavy atom. The van der Waals surface area contributed by atoms with Crippen molar-refractivity contribution in [3.63, 3.8) is 0 Å². The minimum absolute atomic E-state index is 0.202. The minimum atomic E-state index is -1.73. The van der Waals surface area contributed by atoms with Gasteiger partial charge in [-0.25, -0.2) is 4.79 Å². The van der Waals surface area contributed by atoms with Crippen LogP contribution in [0.4, 0.5) is 0 Å². The molecule has 0 unspecified atom stereocenters. The highest BCUT2D eigenvalue weighted by Crippen LogP contribution is 2.20. The van der Waals surface area contributed by atoms with Crippen LogP contribution in [0, 0.1) is 0 Å². The number of carbonyl (C=O) groups excluding carboxylic acids is 1. The second-order valence-corrected chi connectivity index (χ2v) is 5.71. The molecule has 4 N–H and O–H groups in total. The van der Waals surface area contributed by atoms with Crippen molar-refractivity contribution in [1.82, 2.24) is 0 Å². The van der Waals surface area contributed by atoms with Gasteiger partial charge in [0.25, 0.3) is 0 Å². The summed E-state index contributed by atoms with van der Waals surface area (Å²) in [6.45, 7) is 2.36. The van der Waals surface area contributed by atoms with Gasteiger partial charge in [-0.2, -0.15) is 0 Å². The second-order valence-electron chi connectivity index (χ2n) is 5.71. The molecule has 1 rings (SSSR count). The van der Waals surface area contributed by atoms with Gasteiger partial charge in [-0.3, -0.25) is 0 Å². The molecule has 7 nitrogen and oxygen atoms in total. The van der Waals surface area contributed by atoms with Crippen LogP contribution in [0.3, 0.4) is 0 Å². The first kappa shape index (κ1) is 19.3. The summed E-state index contributed by atoms with van der Waals surface area (Å²) in [7, 11) is 0. The fourth-order valence-corrected chi connectivity index (χ4v) is 2.37. The lowest BCUT2D eigenvalue weighted by Crippen LogP contribution is -2.59. The van der Waals surface area contributed by atoms with Gasteiger partial charge in [0.2, 0.25) is 0 Å². The molecular weight excluding hydrogens is 292 g/mol. The summed E-state index contributed by atoms with van der Waals surface area (Å²) in [6.07, 6.45) is -0.558. The molecule has 5 atom stereocenters. The van der Waals surface area contributed by atoms with E-state index >= 15 is 0 Å². The zero-order chi connectivity index (χ0) is 16.5. The summed E-state index contributed by atoms with van der Waals surface area (Å²) < 4.78 is 9.77. The molecule has 1 saturated heterocycles. The lowest BCUT2D eigenvalue weighted by atomic mass is 9.99. The van der Waals surface area contributed by atoms with Gasteiger partial charge in [-0.15, -0.1) is 0 Å². The predicted molar refractivity (Wildman–Crippen MR) is 77.9 cm³/mol. The van der Waals surface area contributed by atoms with Crippen molar-refractivity contribution in [3.8, 4) is 0 Å². The van der Waals surface area contributed by atoms with E-state index < -0.39 is 36.7 Å². The molecule has 0 aliphatic carbocycles. The van der Waals surface area contributed by atoms with E-state index in [9.17, 15) is 25.2 Å². The molecule has 0 radical (unpaired) electrons. The van der Waals surface area contributed by atoms with Gasteiger partial charge in [0.1, 0.15) is 18.3 Å². The standard InChI is InChI=1S/C15H28O7/c1-2-3-4-5-6-7-8-9-21-15(20)13-11(17)10(16)12(18)14(19)22-13/h10-14,16-19H,2-9H2,1H3/t10-,11-,12+,13-,14+/m0/s1. The highest BCUT2D eigenvalue weighted by Gasteiger charge is 2.46. The van der Waals surface area contributed by atoms with E-state index in [-0.39, 0.29) is 6.61 Å². The van der Waals surface area contributed by atoms with Crippen molar-refractivity contribution in [2.45, 2.75) is 82.6 Å². The van der Waals surface area contributed by atoms with E-state index in [0.29, 0.717) is 6.42 Å². The quantitative estimate of drug-likeness (QED) is 0.351. The Morgan fingerprint density at radius 3 is 2.14 bits per heavy atom. The van der Waals surface area contributed by atoms with Crippen LogP contribution in [0.15, 0.2) is 0 Å².